The van der Waals surface area contributed by atoms with E-state index in [1.807, 2.05) is 31.2 Å². The van der Waals surface area contributed by atoms with Gasteiger partial charge in [0.25, 0.3) is 5.91 Å². The molecule has 3 rings (SSSR count). The van der Waals surface area contributed by atoms with E-state index in [1.54, 1.807) is 11.8 Å². The summed E-state index contributed by atoms with van der Waals surface area (Å²) in [5, 5.41) is 3.36. The maximum atomic E-state index is 12.5. The van der Waals surface area contributed by atoms with Crippen LogP contribution in [0.4, 0.5) is 10.5 Å². The number of rotatable bonds is 4. The van der Waals surface area contributed by atoms with Gasteiger partial charge in [-0.25, -0.2) is 4.79 Å². The molecule has 0 aliphatic carbocycles. The van der Waals surface area contributed by atoms with Gasteiger partial charge in [-0.3, -0.25) is 14.5 Å². The molecule has 7 nitrogen and oxygen atoms in total. The Morgan fingerprint density at radius 1 is 1.15 bits per heavy atom. The molecular weight excluding hydrogens is 356 g/mol. The Labute approximate surface area is 157 Å². The van der Waals surface area contributed by atoms with Gasteiger partial charge in [-0.05, 0) is 37.6 Å². The first-order valence-corrected chi connectivity index (χ1v) is 9.14. The van der Waals surface area contributed by atoms with Crippen molar-refractivity contribution >= 4 is 35.1 Å². The van der Waals surface area contributed by atoms with Crippen LogP contribution in [0.25, 0.3) is 0 Å². The Hall–Kier alpha value is -2.28. The number of carbonyl (C=O) groups is 3. The van der Waals surface area contributed by atoms with Gasteiger partial charge >= 0.3 is 6.03 Å². The molecule has 0 spiro atoms. The van der Waals surface area contributed by atoms with Gasteiger partial charge in [-0.15, -0.1) is 0 Å². The lowest BCUT2D eigenvalue weighted by Crippen LogP contribution is -2.52. The van der Waals surface area contributed by atoms with E-state index >= 15 is 0 Å². The molecule has 140 valence electrons. The van der Waals surface area contributed by atoms with Crippen LogP contribution in [0.3, 0.4) is 0 Å². The van der Waals surface area contributed by atoms with E-state index in [4.69, 9.17) is 11.6 Å². The lowest BCUT2D eigenvalue weighted by molar-refractivity contribution is -0.139. The Morgan fingerprint density at radius 3 is 2.31 bits per heavy atom. The summed E-state index contributed by atoms with van der Waals surface area (Å²) >= 11 is 5.91. The van der Waals surface area contributed by atoms with Gasteiger partial charge in [-0.2, -0.15) is 0 Å². The Kier molecular flexibility index (Phi) is 5.09. The van der Waals surface area contributed by atoms with Gasteiger partial charge in [0.1, 0.15) is 12.1 Å². The SMILES string of the molecule is CC[C@@]1(C)NC(=O)N(CC(=O)N2CCN(c3ccc(Cl)cc3)CC2)C1=O. The van der Waals surface area contributed by atoms with E-state index in [0.29, 0.717) is 37.6 Å². The summed E-state index contributed by atoms with van der Waals surface area (Å²) in [6.45, 7) is 5.80. The summed E-state index contributed by atoms with van der Waals surface area (Å²) in [6.07, 6.45) is 0.488. The highest BCUT2D eigenvalue weighted by molar-refractivity contribution is 6.30. The van der Waals surface area contributed by atoms with Gasteiger partial charge in [0, 0.05) is 36.9 Å². The summed E-state index contributed by atoms with van der Waals surface area (Å²) in [6, 6.07) is 7.11. The molecule has 2 aliphatic heterocycles. The number of carbonyl (C=O) groups excluding carboxylic acids is 3. The fraction of sp³-hybridized carbons (Fsp3) is 0.500. The first-order valence-electron chi connectivity index (χ1n) is 8.76. The van der Waals surface area contributed by atoms with E-state index in [0.717, 1.165) is 10.6 Å². The highest BCUT2D eigenvalue weighted by atomic mass is 35.5. The Balaban J connectivity index is 1.56. The highest BCUT2D eigenvalue weighted by Gasteiger charge is 2.47. The molecule has 26 heavy (non-hydrogen) atoms. The summed E-state index contributed by atoms with van der Waals surface area (Å²) in [5.41, 5.74) is 0.152. The molecule has 2 aliphatic rings. The normalized spacial score (nSPS) is 23.4. The quantitative estimate of drug-likeness (QED) is 0.809. The van der Waals surface area contributed by atoms with Gasteiger partial charge in [-0.1, -0.05) is 18.5 Å². The molecule has 0 saturated carbocycles. The third-order valence-corrected chi connectivity index (χ3v) is 5.42. The molecule has 1 aromatic rings. The minimum absolute atomic E-state index is 0.204. The first-order chi connectivity index (χ1) is 12.3. The predicted molar refractivity (Wildman–Crippen MR) is 99.2 cm³/mol. The van der Waals surface area contributed by atoms with Crippen molar-refractivity contribution in [3.05, 3.63) is 29.3 Å². The van der Waals surface area contributed by atoms with E-state index in [9.17, 15) is 14.4 Å². The molecule has 0 aromatic heterocycles. The molecule has 4 amide bonds. The number of hydrogen-bond donors (Lipinski definition) is 1. The van der Waals surface area contributed by atoms with Crippen molar-refractivity contribution in [2.45, 2.75) is 25.8 Å². The van der Waals surface area contributed by atoms with Crippen LogP contribution in [-0.2, 0) is 9.59 Å². The molecule has 0 bridgehead atoms. The number of halogens is 1. The van der Waals surface area contributed by atoms with Gasteiger partial charge in [0.05, 0.1) is 0 Å². The van der Waals surface area contributed by atoms with E-state index < -0.39 is 11.6 Å². The van der Waals surface area contributed by atoms with Crippen LogP contribution in [0.15, 0.2) is 24.3 Å². The fourth-order valence-corrected chi connectivity index (χ4v) is 3.36. The summed E-state index contributed by atoms with van der Waals surface area (Å²) < 4.78 is 0. The fourth-order valence-electron chi connectivity index (χ4n) is 3.23. The molecule has 2 heterocycles. The number of nitrogens with zero attached hydrogens (tertiary/aromatic N) is 3. The van der Waals surface area contributed by atoms with Crippen molar-refractivity contribution in [1.82, 2.24) is 15.1 Å². The zero-order chi connectivity index (χ0) is 18.9. The Bertz CT molecular complexity index is 716. The van der Waals surface area contributed by atoms with Crippen molar-refractivity contribution in [3.8, 4) is 0 Å². The maximum absolute atomic E-state index is 12.5. The standard InChI is InChI=1S/C18H23ClN4O3/c1-3-18(2)16(25)23(17(26)20-18)12-15(24)22-10-8-21(9-11-22)14-6-4-13(19)5-7-14/h4-7H,3,8-12H2,1-2H3,(H,20,26)/t18-/m1/s1. The number of nitrogens with one attached hydrogen (secondary N) is 1. The van der Waals surface area contributed by atoms with Crippen molar-refractivity contribution in [1.29, 1.82) is 0 Å². The van der Waals surface area contributed by atoms with Gasteiger partial charge in [0.15, 0.2) is 0 Å². The number of piperazine rings is 1. The second-order valence-corrected chi connectivity index (χ2v) is 7.29. The largest absolute Gasteiger partial charge is 0.368 e. The zero-order valence-corrected chi connectivity index (χ0v) is 15.8. The average molecular weight is 379 g/mol. The van der Waals surface area contributed by atoms with Crippen LogP contribution in [0.5, 0.6) is 0 Å². The van der Waals surface area contributed by atoms with Crippen molar-refractivity contribution in [3.63, 3.8) is 0 Å². The van der Waals surface area contributed by atoms with E-state index in [-0.39, 0.29) is 18.4 Å². The lowest BCUT2D eigenvalue weighted by atomic mass is 9.99. The minimum Gasteiger partial charge on any atom is -0.368 e. The highest BCUT2D eigenvalue weighted by Crippen LogP contribution is 2.22. The molecule has 0 unspecified atom stereocenters. The average Bonchev–Trinajstić information content (AvgIpc) is 2.86. The zero-order valence-electron chi connectivity index (χ0n) is 15.0. The number of imide groups is 1. The van der Waals surface area contributed by atoms with E-state index in [2.05, 4.69) is 10.2 Å². The second-order valence-electron chi connectivity index (χ2n) is 6.85. The molecule has 0 radical (unpaired) electrons. The summed E-state index contributed by atoms with van der Waals surface area (Å²) in [7, 11) is 0. The topological polar surface area (TPSA) is 73.0 Å². The smallest absolute Gasteiger partial charge is 0.325 e. The van der Waals surface area contributed by atoms with Crippen molar-refractivity contribution in [2.75, 3.05) is 37.6 Å². The molecule has 1 aromatic carbocycles. The van der Waals surface area contributed by atoms with Crippen LogP contribution in [-0.4, -0.2) is 65.9 Å². The molecular formula is C18H23ClN4O3. The molecule has 1 atom stereocenters. The predicted octanol–water partition coefficient (Wildman–Crippen LogP) is 1.71. The molecule has 1 N–H and O–H groups in total. The Morgan fingerprint density at radius 2 is 1.77 bits per heavy atom. The third kappa shape index (κ3) is 3.49. The van der Waals surface area contributed by atoms with Gasteiger partial charge < -0.3 is 15.1 Å². The monoisotopic (exact) mass is 378 g/mol. The summed E-state index contributed by atoms with van der Waals surface area (Å²) in [4.78, 5) is 41.9. The molecule has 8 heteroatoms. The lowest BCUT2D eigenvalue weighted by Gasteiger charge is -2.36. The number of urea groups is 1. The number of anilines is 1. The van der Waals surface area contributed by atoms with Crippen LogP contribution in [0, 0.1) is 0 Å². The van der Waals surface area contributed by atoms with Crippen molar-refractivity contribution in [2.24, 2.45) is 0 Å². The third-order valence-electron chi connectivity index (χ3n) is 5.17. The van der Waals surface area contributed by atoms with Crippen LogP contribution >= 0.6 is 11.6 Å². The van der Waals surface area contributed by atoms with Crippen LogP contribution in [0.2, 0.25) is 5.02 Å². The number of amides is 4. The minimum atomic E-state index is -0.912. The number of benzene rings is 1. The maximum Gasteiger partial charge on any atom is 0.325 e. The first kappa shape index (κ1) is 18.5. The molecule has 2 saturated heterocycles. The molecule has 2 fully saturated rings. The van der Waals surface area contributed by atoms with Crippen LogP contribution in [0.1, 0.15) is 20.3 Å². The second kappa shape index (κ2) is 7.15. The van der Waals surface area contributed by atoms with E-state index in [1.165, 1.54) is 0 Å². The number of hydrogen-bond acceptors (Lipinski definition) is 4. The van der Waals surface area contributed by atoms with Gasteiger partial charge in [0.2, 0.25) is 5.91 Å². The van der Waals surface area contributed by atoms with Crippen LogP contribution < -0.4 is 10.2 Å². The summed E-state index contributed by atoms with van der Waals surface area (Å²) in [5.74, 6) is -0.539. The van der Waals surface area contributed by atoms with Crippen molar-refractivity contribution < 1.29 is 14.4 Å².